The molecule has 0 aromatic heterocycles. The number of hydrogen-bond donors (Lipinski definition) is 1. The highest BCUT2D eigenvalue weighted by Gasteiger charge is 2.54. The molecule has 1 saturated carbocycles. The number of nitrogens with zero attached hydrogens (tertiary/aromatic N) is 1. The molecule has 1 aromatic carbocycles. The van der Waals surface area contributed by atoms with Crippen molar-refractivity contribution in [3.63, 3.8) is 0 Å². The first-order valence-electron chi connectivity index (χ1n) is 6.16. The third-order valence-corrected chi connectivity index (χ3v) is 4.34. The molecule has 1 spiro atoms. The van der Waals surface area contributed by atoms with Crippen LogP contribution in [0.3, 0.4) is 0 Å². The van der Waals surface area contributed by atoms with Crippen molar-refractivity contribution in [2.24, 2.45) is 5.41 Å². The number of nitrogens with one attached hydrogen (secondary N) is 1. The van der Waals surface area contributed by atoms with E-state index in [-0.39, 0.29) is 22.9 Å². The van der Waals surface area contributed by atoms with Crippen LogP contribution in [0.25, 0.3) is 0 Å². The predicted molar refractivity (Wildman–Crippen MR) is 65.1 cm³/mol. The molecule has 1 heterocycles. The maximum Gasteiger partial charge on any atom is 0.269 e. The number of non-ortho nitro benzene ring substituents is 1. The van der Waals surface area contributed by atoms with Crippen LogP contribution in [0, 0.1) is 15.5 Å². The molecular formula is C13H14N2O3. The quantitative estimate of drug-likeness (QED) is 0.640. The minimum atomic E-state index is -0.402. The van der Waals surface area contributed by atoms with E-state index in [0.717, 1.165) is 24.8 Å². The van der Waals surface area contributed by atoms with Crippen LogP contribution in [-0.2, 0) is 4.79 Å². The van der Waals surface area contributed by atoms with Gasteiger partial charge in [0.05, 0.1) is 10.3 Å². The van der Waals surface area contributed by atoms with E-state index >= 15 is 0 Å². The smallest absolute Gasteiger partial charge is 0.269 e. The fourth-order valence-corrected chi connectivity index (χ4v) is 3.12. The van der Waals surface area contributed by atoms with Gasteiger partial charge in [-0.1, -0.05) is 18.6 Å². The third kappa shape index (κ3) is 1.43. The Hall–Kier alpha value is -1.91. The summed E-state index contributed by atoms with van der Waals surface area (Å²) < 4.78 is 0. The highest BCUT2D eigenvalue weighted by molar-refractivity contribution is 5.87. The van der Waals surface area contributed by atoms with E-state index in [4.69, 9.17) is 0 Å². The highest BCUT2D eigenvalue weighted by atomic mass is 16.6. The summed E-state index contributed by atoms with van der Waals surface area (Å²) in [6, 6.07) is 6.60. The molecule has 1 N–H and O–H groups in total. The Morgan fingerprint density at radius 2 is 1.94 bits per heavy atom. The molecule has 1 aromatic rings. The average molecular weight is 246 g/mol. The number of rotatable bonds is 2. The predicted octanol–water partition coefficient (Wildman–Crippen LogP) is 1.98. The van der Waals surface area contributed by atoms with Crippen molar-refractivity contribution in [1.29, 1.82) is 0 Å². The van der Waals surface area contributed by atoms with E-state index in [1.165, 1.54) is 12.1 Å². The molecule has 0 radical (unpaired) electrons. The number of carbonyl (C=O) groups excluding carboxylic acids is 1. The second-order valence-electron chi connectivity index (χ2n) is 5.12. The van der Waals surface area contributed by atoms with Crippen LogP contribution in [0.1, 0.15) is 30.7 Å². The molecule has 5 nitrogen and oxygen atoms in total. The lowest BCUT2D eigenvalue weighted by atomic mass is 9.61. The van der Waals surface area contributed by atoms with Crippen LogP contribution in [0.4, 0.5) is 5.69 Å². The molecule has 1 atom stereocenters. The first kappa shape index (κ1) is 11.2. The van der Waals surface area contributed by atoms with E-state index in [0.29, 0.717) is 6.54 Å². The number of nitro benzene ring substituents is 1. The van der Waals surface area contributed by atoms with Crippen LogP contribution < -0.4 is 5.32 Å². The Morgan fingerprint density at radius 3 is 2.44 bits per heavy atom. The molecule has 0 unspecified atom stereocenters. The molecule has 5 heteroatoms. The largest absolute Gasteiger partial charge is 0.355 e. The van der Waals surface area contributed by atoms with Gasteiger partial charge in [0.15, 0.2) is 0 Å². The Morgan fingerprint density at radius 1 is 1.28 bits per heavy atom. The molecule has 1 saturated heterocycles. The van der Waals surface area contributed by atoms with E-state index in [2.05, 4.69) is 5.32 Å². The number of carbonyl (C=O) groups is 1. The summed E-state index contributed by atoms with van der Waals surface area (Å²) in [7, 11) is 0. The normalized spacial score (nSPS) is 24.7. The Labute approximate surface area is 104 Å². The summed E-state index contributed by atoms with van der Waals surface area (Å²) in [6.07, 6.45) is 2.96. The Kier molecular flexibility index (Phi) is 2.36. The summed E-state index contributed by atoms with van der Waals surface area (Å²) in [5.74, 6) is 0.316. The van der Waals surface area contributed by atoms with Gasteiger partial charge < -0.3 is 5.32 Å². The van der Waals surface area contributed by atoms with Gasteiger partial charge in [0.25, 0.3) is 5.69 Å². The summed E-state index contributed by atoms with van der Waals surface area (Å²) >= 11 is 0. The summed E-state index contributed by atoms with van der Waals surface area (Å²) in [6.45, 7) is 0.649. The molecule has 1 amide bonds. The lowest BCUT2D eigenvalue weighted by molar-refractivity contribution is -0.384. The number of hydrogen-bond acceptors (Lipinski definition) is 3. The summed E-state index contributed by atoms with van der Waals surface area (Å²) in [4.78, 5) is 22.1. The summed E-state index contributed by atoms with van der Waals surface area (Å²) in [5, 5.41) is 13.5. The first-order chi connectivity index (χ1) is 8.63. The third-order valence-electron chi connectivity index (χ3n) is 4.34. The molecule has 3 rings (SSSR count). The van der Waals surface area contributed by atoms with Crippen molar-refractivity contribution >= 4 is 11.6 Å². The molecule has 0 bridgehead atoms. The molecule has 2 fully saturated rings. The van der Waals surface area contributed by atoms with Crippen LogP contribution in [0.5, 0.6) is 0 Å². The second-order valence-corrected chi connectivity index (χ2v) is 5.12. The van der Waals surface area contributed by atoms with Gasteiger partial charge >= 0.3 is 0 Å². The lowest BCUT2D eigenvalue weighted by Gasteiger charge is -2.40. The van der Waals surface area contributed by atoms with Crippen molar-refractivity contribution in [2.45, 2.75) is 25.2 Å². The number of benzene rings is 1. The standard InChI is InChI=1S/C13H14N2O3/c16-12-13(6-1-7-13)11(8-14-12)9-2-4-10(5-3-9)15(17)18/h2-5,11H,1,6-8H2,(H,14,16)/t11-/m1/s1. The van der Waals surface area contributed by atoms with E-state index in [9.17, 15) is 14.9 Å². The van der Waals surface area contributed by atoms with Gasteiger partial charge in [-0.3, -0.25) is 14.9 Å². The zero-order valence-electron chi connectivity index (χ0n) is 9.89. The minimum absolute atomic E-state index is 0.0960. The Balaban J connectivity index is 1.91. The van der Waals surface area contributed by atoms with Gasteiger partial charge in [0.1, 0.15) is 0 Å². The average Bonchev–Trinajstić information content (AvgIpc) is 2.66. The van der Waals surface area contributed by atoms with Crippen molar-refractivity contribution in [1.82, 2.24) is 5.32 Å². The van der Waals surface area contributed by atoms with Crippen LogP contribution in [0.15, 0.2) is 24.3 Å². The van der Waals surface area contributed by atoms with E-state index in [1.807, 2.05) is 0 Å². The van der Waals surface area contributed by atoms with Crippen molar-refractivity contribution < 1.29 is 9.72 Å². The fourth-order valence-electron chi connectivity index (χ4n) is 3.12. The van der Waals surface area contributed by atoms with Crippen molar-refractivity contribution in [3.8, 4) is 0 Å². The van der Waals surface area contributed by atoms with Gasteiger partial charge in [-0.05, 0) is 18.4 Å². The topological polar surface area (TPSA) is 72.2 Å². The van der Waals surface area contributed by atoms with E-state index in [1.54, 1.807) is 12.1 Å². The first-order valence-corrected chi connectivity index (χ1v) is 6.16. The molecule has 94 valence electrons. The maximum absolute atomic E-state index is 11.9. The van der Waals surface area contributed by atoms with Gasteiger partial charge in [-0.25, -0.2) is 0 Å². The van der Waals surface area contributed by atoms with Crippen molar-refractivity contribution in [2.75, 3.05) is 6.54 Å². The Bertz CT molecular complexity index is 505. The van der Waals surface area contributed by atoms with Gasteiger partial charge in [0.2, 0.25) is 5.91 Å². The van der Waals surface area contributed by atoms with Crippen LogP contribution >= 0.6 is 0 Å². The van der Waals surface area contributed by atoms with E-state index < -0.39 is 4.92 Å². The lowest BCUT2D eigenvalue weighted by Crippen LogP contribution is -2.40. The minimum Gasteiger partial charge on any atom is -0.355 e. The number of amides is 1. The molecular weight excluding hydrogens is 232 g/mol. The molecule has 1 aliphatic heterocycles. The van der Waals surface area contributed by atoms with Crippen LogP contribution in [0.2, 0.25) is 0 Å². The second kappa shape index (κ2) is 3.80. The number of nitro groups is 1. The SMILES string of the molecule is O=C1NC[C@H](c2ccc([N+](=O)[O-])cc2)C12CCC2. The molecule has 2 aliphatic rings. The van der Waals surface area contributed by atoms with Gasteiger partial charge in [0, 0.05) is 24.6 Å². The van der Waals surface area contributed by atoms with Crippen LogP contribution in [-0.4, -0.2) is 17.4 Å². The van der Waals surface area contributed by atoms with Crippen molar-refractivity contribution in [3.05, 3.63) is 39.9 Å². The summed E-state index contributed by atoms with van der Waals surface area (Å²) in [5.41, 5.74) is 0.883. The fraction of sp³-hybridized carbons (Fsp3) is 0.462. The zero-order chi connectivity index (χ0) is 12.8. The van der Waals surface area contributed by atoms with Gasteiger partial charge in [-0.15, -0.1) is 0 Å². The maximum atomic E-state index is 11.9. The zero-order valence-corrected chi connectivity index (χ0v) is 9.89. The highest BCUT2D eigenvalue weighted by Crippen LogP contribution is 2.54. The molecule has 18 heavy (non-hydrogen) atoms. The monoisotopic (exact) mass is 246 g/mol. The molecule has 1 aliphatic carbocycles. The van der Waals surface area contributed by atoms with Gasteiger partial charge in [-0.2, -0.15) is 0 Å².